The lowest BCUT2D eigenvalue weighted by Crippen LogP contribution is -2.17. The third-order valence-electron chi connectivity index (χ3n) is 3.07. The van der Waals surface area contributed by atoms with Crippen LogP contribution in [-0.4, -0.2) is 25.4 Å². The van der Waals surface area contributed by atoms with Crippen LogP contribution in [0.15, 0.2) is 40.3 Å². The summed E-state index contributed by atoms with van der Waals surface area (Å²) >= 11 is 1.19. The Morgan fingerprint density at radius 2 is 2.09 bits per heavy atom. The van der Waals surface area contributed by atoms with E-state index in [2.05, 4.69) is 19.8 Å². The van der Waals surface area contributed by atoms with E-state index in [9.17, 15) is 4.79 Å². The van der Waals surface area contributed by atoms with Crippen LogP contribution in [0.1, 0.15) is 5.56 Å². The quantitative estimate of drug-likeness (QED) is 0.434. The van der Waals surface area contributed by atoms with Gasteiger partial charge in [0.25, 0.3) is 5.88 Å². The van der Waals surface area contributed by atoms with Crippen molar-refractivity contribution >= 4 is 28.7 Å². The second-order valence-corrected chi connectivity index (χ2v) is 5.44. The highest BCUT2D eigenvalue weighted by atomic mass is 32.2. The zero-order valence-electron chi connectivity index (χ0n) is 11.5. The molecule has 0 fully saturated rings. The molecule has 22 heavy (non-hydrogen) atoms. The Balaban J connectivity index is 2.09. The number of nitrogens with zero attached hydrogens (tertiary/aromatic N) is 4. The number of thioether (sulfide) groups is 1. The zero-order chi connectivity index (χ0) is 15.5. The molecule has 3 N–H and O–H groups in total. The van der Waals surface area contributed by atoms with Crippen LogP contribution in [0.4, 0.5) is 5.82 Å². The van der Waals surface area contributed by atoms with Crippen LogP contribution in [0.2, 0.25) is 0 Å². The number of rotatable bonds is 4. The lowest BCUT2D eigenvalue weighted by molar-refractivity contribution is 0.771. The van der Waals surface area contributed by atoms with Gasteiger partial charge in [-0.1, -0.05) is 30.3 Å². The van der Waals surface area contributed by atoms with Crippen molar-refractivity contribution in [1.82, 2.24) is 19.5 Å². The van der Waals surface area contributed by atoms with Crippen LogP contribution in [0.25, 0.3) is 16.0 Å². The molecule has 0 spiro atoms. The Kier molecular flexibility index (Phi) is 3.80. The smallest absolute Gasteiger partial charge is 0.328 e. The Hall–Kier alpha value is -2.79. The number of hydrogen-bond donors (Lipinski definition) is 2. The molecule has 0 saturated carbocycles. The van der Waals surface area contributed by atoms with Gasteiger partial charge in [0, 0.05) is 0 Å². The van der Waals surface area contributed by atoms with Crippen LogP contribution < -0.4 is 11.4 Å². The molecule has 0 aliphatic rings. The molecule has 3 aromatic rings. The molecule has 110 valence electrons. The molecule has 8 heteroatoms. The summed E-state index contributed by atoms with van der Waals surface area (Å²) in [6, 6.07) is 9.61. The molecule has 7 nitrogen and oxygen atoms in total. The number of H-pyrrole nitrogens is 1. The third kappa shape index (κ3) is 2.66. The number of anilines is 1. The monoisotopic (exact) mass is 312 g/mol. The summed E-state index contributed by atoms with van der Waals surface area (Å²) in [6.07, 6.45) is 0. The average Bonchev–Trinajstić information content (AvgIpc) is 2.83. The number of imidazole rings is 1. The fourth-order valence-corrected chi connectivity index (χ4v) is 2.59. The fraction of sp³-hybridized carbons (Fsp3) is 0.143. The van der Waals surface area contributed by atoms with Crippen molar-refractivity contribution in [3.63, 3.8) is 0 Å². The number of aromatic nitrogens is 4. The fourth-order valence-electron chi connectivity index (χ4n) is 2.10. The third-order valence-corrected chi connectivity index (χ3v) is 3.77. The first-order chi connectivity index (χ1) is 10.7. The van der Waals surface area contributed by atoms with Gasteiger partial charge in [0.15, 0.2) is 16.6 Å². The number of hydrogen-bond acceptors (Lipinski definition) is 5. The highest BCUT2D eigenvalue weighted by molar-refractivity contribution is 7.99. The highest BCUT2D eigenvalue weighted by Gasteiger charge is 2.14. The van der Waals surface area contributed by atoms with E-state index in [-0.39, 0.29) is 17.4 Å². The summed E-state index contributed by atoms with van der Waals surface area (Å²) < 4.78 is 1.52. The topological polar surface area (TPSA) is 94.0 Å². The molecule has 0 aliphatic carbocycles. The number of fused-ring (bicyclic) bond motifs is 1. The second-order valence-electron chi connectivity index (χ2n) is 4.52. The molecule has 2 aromatic heterocycles. The molecule has 1 aromatic carbocycles. The maximum absolute atomic E-state index is 12.1. The minimum absolute atomic E-state index is 0.207. The Labute approximate surface area is 130 Å². The van der Waals surface area contributed by atoms with Gasteiger partial charge in [0.2, 0.25) is 0 Å². The SMILES string of the molecule is [C-]#[N+]CSc1nc(N)c2[nH]c(=O)n(Cc3ccccc3)c2n1. The van der Waals surface area contributed by atoms with Gasteiger partial charge in [-0.2, -0.15) is 0 Å². The lowest BCUT2D eigenvalue weighted by Gasteiger charge is -2.04. The Morgan fingerprint density at radius 3 is 2.82 bits per heavy atom. The number of benzene rings is 1. The summed E-state index contributed by atoms with van der Waals surface area (Å²) in [4.78, 5) is 26.5. The minimum atomic E-state index is -0.285. The van der Waals surface area contributed by atoms with Crippen molar-refractivity contribution in [2.45, 2.75) is 11.7 Å². The van der Waals surface area contributed by atoms with E-state index < -0.39 is 0 Å². The standard InChI is InChI=1S/C14H12N6OS/c1-16-8-22-13-18-11(15)10-12(19-13)20(14(21)17-10)7-9-5-3-2-4-6-9/h2-6H,7-8H2,(H,17,21)(H2,15,18,19). The normalized spacial score (nSPS) is 10.7. The van der Waals surface area contributed by atoms with E-state index >= 15 is 0 Å². The van der Waals surface area contributed by atoms with Gasteiger partial charge in [-0.25, -0.2) is 21.3 Å². The number of aromatic amines is 1. The van der Waals surface area contributed by atoms with Crippen molar-refractivity contribution in [1.29, 1.82) is 0 Å². The van der Waals surface area contributed by atoms with Gasteiger partial charge < -0.3 is 15.6 Å². The first-order valence-electron chi connectivity index (χ1n) is 6.45. The van der Waals surface area contributed by atoms with E-state index in [0.717, 1.165) is 5.56 Å². The average molecular weight is 312 g/mol. The molecular formula is C14H12N6OS. The van der Waals surface area contributed by atoms with Gasteiger partial charge >= 0.3 is 5.69 Å². The minimum Gasteiger partial charge on any atom is -0.382 e. The predicted octanol–water partition coefficient (Wildman–Crippen LogP) is 1.72. The van der Waals surface area contributed by atoms with Gasteiger partial charge in [-0.3, -0.25) is 4.57 Å². The summed E-state index contributed by atoms with van der Waals surface area (Å²) in [5.74, 6) is 0.416. The van der Waals surface area contributed by atoms with E-state index in [1.54, 1.807) is 0 Å². The van der Waals surface area contributed by atoms with Crippen molar-refractivity contribution in [2.75, 3.05) is 11.6 Å². The number of nitrogens with two attached hydrogens (primary N) is 1. The molecular weight excluding hydrogens is 300 g/mol. The molecule has 0 bridgehead atoms. The Morgan fingerprint density at radius 1 is 1.32 bits per heavy atom. The maximum Gasteiger partial charge on any atom is 0.328 e. The van der Waals surface area contributed by atoms with Crippen LogP contribution in [-0.2, 0) is 6.54 Å². The summed E-state index contributed by atoms with van der Waals surface area (Å²) in [5, 5.41) is 0.391. The van der Waals surface area contributed by atoms with Crippen molar-refractivity contribution in [3.05, 3.63) is 57.8 Å². The maximum atomic E-state index is 12.1. The van der Waals surface area contributed by atoms with E-state index in [1.807, 2.05) is 30.3 Å². The van der Waals surface area contributed by atoms with E-state index in [1.165, 1.54) is 16.3 Å². The molecule has 0 atom stereocenters. The second kappa shape index (κ2) is 5.91. The van der Waals surface area contributed by atoms with Crippen molar-refractivity contribution in [3.8, 4) is 0 Å². The zero-order valence-corrected chi connectivity index (χ0v) is 12.3. The molecule has 0 aliphatic heterocycles. The van der Waals surface area contributed by atoms with Crippen LogP contribution in [0.5, 0.6) is 0 Å². The van der Waals surface area contributed by atoms with Gasteiger partial charge in [0.05, 0.1) is 6.54 Å². The molecule has 3 rings (SSSR count). The predicted molar refractivity (Wildman–Crippen MR) is 85.4 cm³/mol. The molecule has 0 unspecified atom stereocenters. The van der Waals surface area contributed by atoms with E-state index in [4.69, 9.17) is 12.3 Å². The van der Waals surface area contributed by atoms with Gasteiger partial charge in [0.1, 0.15) is 5.52 Å². The summed E-state index contributed by atoms with van der Waals surface area (Å²) in [6.45, 7) is 7.21. The van der Waals surface area contributed by atoms with Crippen molar-refractivity contribution < 1.29 is 0 Å². The van der Waals surface area contributed by atoms with Crippen LogP contribution in [0.3, 0.4) is 0 Å². The summed E-state index contributed by atoms with van der Waals surface area (Å²) in [7, 11) is 0. The molecule has 0 radical (unpaired) electrons. The molecule has 0 saturated heterocycles. The lowest BCUT2D eigenvalue weighted by atomic mass is 10.2. The van der Waals surface area contributed by atoms with Crippen molar-refractivity contribution in [2.24, 2.45) is 0 Å². The van der Waals surface area contributed by atoms with Crippen LogP contribution >= 0.6 is 11.8 Å². The van der Waals surface area contributed by atoms with Gasteiger partial charge in [-0.05, 0) is 17.3 Å². The highest BCUT2D eigenvalue weighted by Crippen LogP contribution is 2.20. The largest absolute Gasteiger partial charge is 0.382 e. The van der Waals surface area contributed by atoms with Gasteiger partial charge in [-0.15, -0.1) is 0 Å². The van der Waals surface area contributed by atoms with Crippen LogP contribution in [0, 0.1) is 6.57 Å². The molecule has 2 heterocycles. The molecule has 0 amide bonds. The number of nitrogen functional groups attached to an aromatic ring is 1. The summed E-state index contributed by atoms with van der Waals surface area (Å²) in [5.41, 5.74) is 7.46. The first kappa shape index (κ1) is 14.2. The Bertz CT molecular complexity index is 909. The first-order valence-corrected chi connectivity index (χ1v) is 7.43. The number of nitrogens with one attached hydrogen (secondary N) is 1. The van der Waals surface area contributed by atoms with E-state index in [0.29, 0.717) is 22.9 Å².